The maximum absolute atomic E-state index is 11.0. The minimum Gasteiger partial charge on any atom is -0.481 e. The van der Waals surface area contributed by atoms with Gasteiger partial charge in [-0.15, -0.1) is 0 Å². The summed E-state index contributed by atoms with van der Waals surface area (Å²) in [7, 11) is 0. The van der Waals surface area contributed by atoms with Crippen LogP contribution >= 0.6 is 0 Å². The number of hydrogen-bond donors (Lipinski definition) is 1. The van der Waals surface area contributed by atoms with Crippen LogP contribution in [0.5, 0.6) is 0 Å². The number of carboxylic acid groups (broad SMARTS) is 1. The molecule has 1 unspecified atom stereocenters. The number of aromatic nitrogens is 2. The summed E-state index contributed by atoms with van der Waals surface area (Å²) in [4.78, 5) is 11.0. The van der Waals surface area contributed by atoms with E-state index >= 15 is 0 Å². The lowest BCUT2D eigenvalue weighted by Gasteiger charge is -2.12. The molecule has 1 heterocycles. The van der Waals surface area contributed by atoms with Crippen LogP contribution in [0.3, 0.4) is 0 Å². The van der Waals surface area contributed by atoms with Gasteiger partial charge in [0.15, 0.2) is 0 Å². The highest BCUT2D eigenvalue weighted by Gasteiger charge is 2.22. The number of carboxylic acids is 1. The minimum atomic E-state index is -0.834. The molecule has 0 aliphatic carbocycles. The van der Waals surface area contributed by atoms with Gasteiger partial charge in [0.25, 0.3) is 0 Å². The topological polar surface area (TPSA) is 63.1 Å². The van der Waals surface area contributed by atoms with Crippen LogP contribution in [-0.4, -0.2) is 21.3 Å². The lowest BCUT2D eigenvalue weighted by atomic mass is 9.94. The summed E-state index contributed by atoms with van der Waals surface area (Å²) in [6.45, 7) is 3.98. The molecule has 1 N–H and O–H groups in total. The molecule has 1 rings (SSSR count). The summed E-state index contributed by atoms with van der Waals surface area (Å²) in [5.41, 5.74) is 0.536. The molecule has 1 atom stereocenters. The van der Waals surface area contributed by atoms with Gasteiger partial charge in [-0.2, -0.15) is 10.2 Å². The zero-order valence-electron chi connectivity index (χ0n) is 8.34. The quantitative estimate of drug-likeness (QED) is 0.792. The third-order valence-corrected chi connectivity index (χ3v) is 1.96. The van der Waals surface area contributed by atoms with Gasteiger partial charge in [-0.05, 0) is 24.5 Å². The first-order valence-electron chi connectivity index (χ1n) is 4.61. The third-order valence-electron chi connectivity index (χ3n) is 1.96. The molecular weight excluding hydrogens is 180 g/mol. The van der Waals surface area contributed by atoms with Gasteiger partial charge in [-0.1, -0.05) is 13.8 Å². The molecule has 1 aromatic heterocycles. The van der Waals surface area contributed by atoms with Gasteiger partial charge < -0.3 is 5.11 Å². The third kappa shape index (κ3) is 2.80. The van der Waals surface area contributed by atoms with Crippen molar-refractivity contribution in [2.24, 2.45) is 5.92 Å². The van der Waals surface area contributed by atoms with Gasteiger partial charge >= 0.3 is 5.97 Å². The van der Waals surface area contributed by atoms with Gasteiger partial charge in [0.05, 0.1) is 5.69 Å². The lowest BCUT2D eigenvalue weighted by molar-refractivity contribution is -0.139. The molecule has 1 aromatic rings. The van der Waals surface area contributed by atoms with E-state index in [2.05, 4.69) is 10.2 Å². The van der Waals surface area contributed by atoms with Crippen molar-refractivity contribution in [2.75, 3.05) is 0 Å². The normalized spacial score (nSPS) is 12.8. The molecular formula is C10H14N2O2. The summed E-state index contributed by atoms with van der Waals surface area (Å²) in [6.07, 6.45) is 2.13. The smallest absolute Gasteiger partial charge is 0.312 e. The number of rotatable bonds is 4. The number of aliphatic carboxylic acids is 1. The average molecular weight is 194 g/mol. The first-order valence-corrected chi connectivity index (χ1v) is 4.61. The van der Waals surface area contributed by atoms with Crippen LogP contribution in [0, 0.1) is 5.92 Å². The summed E-state index contributed by atoms with van der Waals surface area (Å²) >= 11 is 0. The molecule has 0 fully saturated rings. The van der Waals surface area contributed by atoms with Crippen LogP contribution in [0.25, 0.3) is 0 Å². The van der Waals surface area contributed by atoms with Crippen molar-refractivity contribution in [3.8, 4) is 0 Å². The minimum absolute atomic E-state index is 0.332. The molecule has 14 heavy (non-hydrogen) atoms. The van der Waals surface area contributed by atoms with E-state index in [1.165, 1.54) is 6.20 Å². The van der Waals surface area contributed by atoms with Crippen LogP contribution in [0.4, 0.5) is 0 Å². The Labute approximate surface area is 83.0 Å². The second kappa shape index (κ2) is 4.69. The molecule has 4 nitrogen and oxygen atoms in total. The average Bonchev–Trinajstić information content (AvgIpc) is 2.15. The Balaban J connectivity index is 2.84. The molecule has 0 aliphatic heterocycles. The standard InChI is InChI=1S/C10H14N2O2/c1-7(2)6-8(10(13)14)9-4-3-5-11-12-9/h3-5,7-8H,6H2,1-2H3,(H,13,14). The second-order valence-electron chi connectivity index (χ2n) is 3.67. The molecule has 0 saturated heterocycles. The molecule has 0 saturated carbocycles. The Bertz CT molecular complexity index is 298. The summed E-state index contributed by atoms with van der Waals surface area (Å²) in [5.74, 6) is -1.04. The number of nitrogens with zero attached hydrogens (tertiary/aromatic N) is 2. The van der Waals surface area contributed by atoms with Crippen molar-refractivity contribution in [1.82, 2.24) is 10.2 Å². The van der Waals surface area contributed by atoms with Gasteiger partial charge in [-0.3, -0.25) is 4.79 Å². The number of hydrogen-bond acceptors (Lipinski definition) is 3. The zero-order chi connectivity index (χ0) is 10.6. The van der Waals surface area contributed by atoms with Crippen LogP contribution in [0.15, 0.2) is 18.3 Å². The monoisotopic (exact) mass is 194 g/mol. The second-order valence-corrected chi connectivity index (χ2v) is 3.67. The fraction of sp³-hybridized carbons (Fsp3) is 0.500. The van der Waals surface area contributed by atoms with Crippen molar-refractivity contribution >= 4 is 5.97 Å². The maximum Gasteiger partial charge on any atom is 0.312 e. The van der Waals surface area contributed by atoms with E-state index in [4.69, 9.17) is 5.11 Å². The molecule has 0 aliphatic rings. The highest BCUT2D eigenvalue weighted by molar-refractivity contribution is 5.75. The Kier molecular flexibility index (Phi) is 3.56. The van der Waals surface area contributed by atoms with E-state index in [1.807, 2.05) is 13.8 Å². The summed E-state index contributed by atoms with van der Waals surface area (Å²) in [5, 5.41) is 16.5. The number of carbonyl (C=O) groups is 1. The van der Waals surface area contributed by atoms with Crippen LogP contribution < -0.4 is 0 Å². The molecule has 0 bridgehead atoms. The summed E-state index contributed by atoms with van der Waals surface area (Å²) in [6, 6.07) is 3.41. The first-order chi connectivity index (χ1) is 6.61. The van der Waals surface area contributed by atoms with Crippen molar-refractivity contribution in [3.05, 3.63) is 24.0 Å². The fourth-order valence-electron chi connectivity index (χ4n) is 1.32. The molecule has 4 heteroatoms. The largest absolute Gasteiger partial charge is 0.481 e. The van der Waals surface area contributed by atoms with Crippen molar-refractivity contribution < 1.29 is 9.90 Å². The Morgan fingerprint density at radius 2 is 2.29 bits per heavy atom. The molecule has 0 amide bonds. The Morgan fingerprint density at radius 1 is 1.57 bits per heavy atom. The van der Waals surface area contributed by atoms with Gasteiger partial charge in [-0.25, -0.2) is 0 Å². The van der Waals surface area contributed by atoms with E-state index in [0.717, 1.165) is 0 Å². The highest BCUT2D eigenvalue weighted by Crippen LogP contribution is 2.21. The van der Waals surface area contributed by atoms with Crippen LogP contribution in [0.1, 0.15) is 31.9 Å². The molecule has 76 valence electrons. The van der Waals surface area contributed by atoms with E-state index in [0.29, 0.717) is 18.0 Å². The highest BCUT2D eigenvalue weighted by atomic mass is 16.4. The van der Waals surface area contributed by atoms with Crippen molar-refractivity contribution in [1.29, 1.82) is 0 Å². The SMILES string of the molecule is CC(C)CC(C(=O)O)c1cccnn1. The predicted octanol–water partition coefficient (Wildman–Crippen LogP) is 1.69. The van der Waals surface area contributed by atoms with Gasteiger partial charge in [0.1, 0.15) is 5.92 Å². The van der Waals surface area contributed by atoms with Crippen molar-refractivity contribution in [3.63, 3.8) is 0 Å². The van der Waals surface area contributed by atoms with Gasteiger partial charge in [0.2, 0.25) is 0 Å². The molecule has 0 aromatic carbocycles. The fourth-order valence-corrected chi connectivity index (χ4v) is 1.32. The Hall–Kier alpha value is -1.45. The maximum atomic E-state index is 11.0. The Morgan fingerprint density at radius 3 is 2.71 bits per heavy atom. The zero-order valence-corrected chi connectivity index (χ0v) is 8.34. The van der Waals surface area contributed by atoms with Crippen molar-refractivity contribution in [2.45, 2.75) is 26.2 Å². The van der Waals surface area contributed by atoms with Crippen LogP contribution in [-0.2, 0) is 4.79 Å². The van der Waals surface area contributed by atoms with E-state index in [9.17, 15) is 4.79 Å². The lowest BCUT2D eigenvalue weighted by Crippen LogP contribution is -2.15. The van der Waals surface area contributed by atoms with E-state index in [1.54, 1.807) is 12.1 Å². The van der Waals surface area contributed by atoms with Crippen LogP contribution in [0.2, 0.25) is 0 Å². The van der Waals surface area contributed by atoms with Gasteiger partial charge in [0, 0.05) is 6.20 Å². The first kappa shape index (κ1) is 10.6. The van der Waals surface area contributed by atoms with E-state index in [-0.39, 0.29) is 0 Å². The summed E-state index contributed by atoms with van der Waals surface area (Å²) < 4.78 is 0. The molecule has 0 spiro atoms. The van der Waals surface area contributed by atoms with E-state index < -0.39 is 11.9 Å². The predicted molar refractivity (Wildman–Crippen MR) is 51.9 cm³/mol. The molecule has 0 radical (unpaired) electrons.